The third-order valence-electron chi connectivity index (χ3n) is 3.60. The molecule has 90 valence electrons. The Labute approximate surface area is 101 Å². The molecule has 0 bridgehead atoms. The largest absolute Gasteiger partial charge is 0.388 e. The Bertz CT molecular complexity index is 527. The topological polar surface area (TPSA) is 43.0 Å². The van der Waals surface area contributed by atoms with Crippen molar-refractivity contribution in [3.8, 4) is 0 Å². The minimum Gasteiger partial charge on any atom is -0.388 e. The summed E-state index contributed by atoms with van der Waals surface area (Å²) < 4.78 is 4.24. The van der Waals surface area contributed by atoms with Gasteiger partial charge in [-0.1, -0.05) is 0 Å². The molecule has 2 aromatic heterocycles. The summed E-state index contributed by atoms with van der Waals surface area (Å²) in [5.74, 6) is 1.04. The third-order valence-corrected chi connectivity index (χ3v) is 3.60. The highest BCUT2D eigenvalue weighted by atomic mass is 16.3. The quantitative estimate of drug-likeness (QED) is 0.853. The zero-order valence-electron chi connectivity index (χ0n) is 10.0. The number of aryl methyl sites for hydroxylation is 1. The lowest BCUT2D eigenvalue weighted by molar-refractivity contribution is 0.155. The molecule has 1 atom stereocenters. The Morgan fingerprint density at radius 3 is 3.12 bits per heavy atom. The number of aromatic nitrogens is 3. The van der Waals surface area contributed by atoms with Gasteiger partial charge in [0.05, 0.1) is 12.6 Å². The minimum absolute atomic E-state index is 0.277. The van der Waals surface area contributed by atoms with Crippen LogP contribution in [0.25, 0.3) is 0 Å². The number of nitrogens with zero attached hydrogens (tertiary/aromatic N) is 3. The van der Waals surface area contributed by atoms with Crippen LogP contribution in [0, 0.1) is 0 Å². The first-order chi connectivity index (χ1) is 8.25. The Morgan fingerprint density at radius 1 is 1.47 bits per heavy atom. The molecule has 0 aromatic carbocycles. The number of hydrogen-bond donors (Lipinski definition) is 1. The Morgan fingerprint density at radius 2 is 2.35 bits per heavy atom. The molecule has 4 heteroatoms. The normalized spacial score (nSPS) is 19.3. The predicted molar refractivity (Wildman–Crippen MR) is 64.6 cm³/mol. The summed E-state index contributed by atoms with van der Waals surface area (Å²) in [5, 5.41) is 9.92. The van der Waals surface area contributed by atoms with Gasteiger partial charge < -0.3 is 14.2 Å². The first-order valence-corrected chi connectivity index (χ1v) is 6.08. The van der Waals surface area contributed by atoms with Gasteiger partial charge in [-0.05, 0) is 25.3 Å². The van der Waals surface area contributed by atoms with Crippen molar-refractivity contribution in [2.24, 2.45) is 7.05 Å². The van der Waals surface area contributed by atoms with Crippen molar-refractivity contribution in [2.75, 3.05) is 0 Å². The molecule has 0 amide bonds. The van der Waals surface area contributed by atoms with Crippen LogP contribution in [-0.4, -0.2) is 19.2 Å². The van der Waals surface area contributed by atoms with Gasteiger partial charge in [0.2, 0.25) is 0 Å². The fourth-order valence-electron chi connectivity index (χ4n) is 2.58. The summed E-state index contributed by atoms with van der Waals surface area (Å²) in [4.78, 5) is 4.34. The predicted octanol–water partition coefficient (Wildman–Crippen LogP) is 1.64. The van der Waals surface area contributed by atoms with Crippen LogP contribution in [0.3, 0.4) is 0 Å². The van der Waals surface area contributed by atoms with Crippen molar-refractivity contribution in [1.82, 2.24) is 14.1 Å². The fraction of sp³-hybridized carbons (Fsp3) is 0.462. The molecule has 0 aliphatic heterocycles. The Hall–Kier alpha value is -1.55. The van der Waals surface area contributed by atoms with E-state index in [2.05, 4.69) is 15.7 Å². The second-order valence-corrected chi connectivity index (χ2v) is 4.71. The van der Waals surface area contributed by atoms with Crippen LogP contribution in [0.15, 0.2) is 24.7 Å². The maximum Gasteiger partial charge on any atom is 0.128 e. The summed E-state index contributed by atoms with van der Waals surface area (Å²) >= 11 is 0. The van der Waals surface area contributed by atoms with Gasteiger partial charge in [-0.15, -0.1) is 0 Å². The van der Waals surface area contributed by atoms with Gasteiger partial charge in [0.15, 0.2) is 0 Å². The number of aliphatic hydroxyl groups excluding tert-OH is 1. The lowest BCUT2D eigenvalue weighted by Gasteiger charge is -2.20. The van der Waals surface area contributed by atoms with Crippen LogP contribution in [0.4, 0.5) is 0 Å². The highest BCUT2D eigenvalue weighted by Gasteiger charge is 2.21. The molecule has 17 heavy (non-hydrogen) atoms. The Balaban J connectivity index is 1.92. The van der Waals surface area contributed by atoms with E-state index in [1.807, 2.05) is 30.1 Å². The number of aliphatic hydroxyl groups is 1. The highest BCUT2D eigenvalue weighted by Crippen LogP contribution is 2.30. The monoisotopic (exact) mass is 231 g/mol. The van der Waals surface area contributed by atoms with E-state index in [4.69, 9.17) is 0 Å². The van der Waals surface area contributed by atoms with E-state index in [0.717, 1.165) is 37.2 Å². The van der Waals surface area contributed by atoms with Crippen molar-refractivity contribution >= 4 is 0 Å². The molecule has 2 aromatic rings. The summed E-state index contributed by atoms with van der Waals surface area (Å²) in [5.41, 5.74) is 2.37. The van der Waals surface area contributed by atoms with Crippen molar-refractivity contribution in [1.29, 1.82) is 0 Å². The first-order valence-electron chi connectivity index (χ1n) is 6.08. The zero-order valence-corrected chi connectivity index (χ0v) is 10.0. The minimum atomic E-state index is -0.277. The molecule has 2 heterocycles. The van der Waals surface area contributed by atoms with E-state index in [1.165, 1.54) is 5.69 Å². The summed E-state index contributed by atoms with van der Waals surface area (Å²) in [6, 6.07) is 2.04. The van der Waals surface area contributed by atoms with E-state index in [0.29, 0.717) is 0 Å². The van der Waals surface area contributed by atoms with Crippen LogP contribution in [0.2, 0.25) is 0 Å². The van der Waals surface area contributed by atoms with E-state index >= 15 is 0 Å². The van der Waals surface area contributed by atoms with Crippen LogP contribution in [0.1, 0.15) is 36.0 Å². The molecular formula is C13H17N3O. The van der Waals surface area contributed by atoms with Gasteiger partial charge in [0, 0.05) is 36.9 Å². The second kappa shape index (κ2) is 4.04. The molecule has 3 rings (SSSR count). The molecule has 0 spiro atoms. The maximum absolute atomic E-state index is 9.92. The lowest BCUT2D eigenvalue weighted by atomic mass is 9.95. The number of hydrogen-bond acceptors (Lipinski definition) is 2. The van der Waals surface area contributed by atoms with E-state index < -0.39 is 0 Å². The molecule has 1 aliphatic carbocycles. The smallest absolute Gasteiger partial charge is 0.128 e. The highest BCUT2D eigenvalue weighted by molar-refractivity contribution is 5.27. The molecule has 0 saturated heterocycles. The molecule has 4 nitrogen and oxygen atoms in total. The van der Waals surface area contributed by atoms with Crippen molar-refractivity contribution in [3.63, 3.8) is 0 Å². The maximum atomic E-state index is 9.92. The molecule has 1 aliphatic rings. The van der Waals surface area contributed by atoms with Crippen LogP contribution in [-0.2, 0) is 20.0 Å². The van der Waals surface area contributed by atoms with E-state index in [9.17, 15) is 5.11 Å². The molecule has 0 radical (unpaired) electrons. The summed E-state index contributed by atoms with van der Waals surface area (Å²) in [7, 11) is 2.01. The third kappa shape index (κ3) is 1.78. The molecule has 1 N–H and O–H groups in total. The molecule has 0 saturated carbocycles. The zero-order chi connectivity index (χ0) is 11.8. The number of fused-ring (bicyclic) bond motifs is 1. The van der Waals surface area contributed by atoms with Gasteiger partial charge in [-0.3, -0.25) is 0 Å². The Kier molecular flexibility index (Phi) is 2.52. The standard InChI is InChI=1S/C13H17N3O/c1-15-8-6-14-13(15)9-16-7-5-10-11(16)3-2-4-12(10)17/h5-8,12,17H,2-4,9H2,1H3. The van der Waals surface area contributed by atoms with E-state index in [1.54, 1.807) is 0 Å². The average molecular weight is 231 g/mol. The van der Waals surface area contributed by atoms with Gasteiger partial charge in [0.25, 0.3) is 0 Å². The molecular weight excluding hydrogens is 214 g/mol. The average Bonchev–Trinajstić information content (AvgIpc) is 2.89. The fourth-order valence-corrected chi connectivity index (χ4v) is 2.58. The number of rotatable bonds is 2. The van der Waals surface area contributed by atoms with Gasteiger partial charge in [-0.2, -0.15) is 0 Å². The SMILES string of the molecule is Cn1ccnc1Cn1ccc2c1CCCC2O. The molecule has 0 fully saturated rings. The summed E-state index contributed by atoms with van der Waals surface area (Å²) in [6.45, 7) is 0.783. The van der Waals surface area contributed by atoms with Gasteiger partial charge in [0.1, 0.15) is 5.82 Å². The van der Waals surface area contributed by atoms with Gasteiger partial charge >= 0.3 is 0 Å². The number of imidazole rings is 1. The van der Waals surface area contributed by atoms with Crippen LogP contribution >= 0.6 is 0 Å². The summed E-state index contributed by atoms with van der Waals surface area (Å²) in [6.07, 6.45) is 8.58. The van der Waals surface area contributed by atoms with Gasteiger partial charge in [-0.25, -0.2) is 4.98 Å². The lowest BCUT2D eigenvalue weighted by Crippen LogP contribution is -2.13. The van der Waals surface area contributed by atoms with Crippen molar-refractivity contribution in [2.45, 2.75) is 31.9 Å². The van der Waals surface area contributed by atoms with Crippen molar-refractivity contribution < 1.29 is 5.11 Å². The molecule has 1 unspecified atom stereocenters. The first kappa shape index (κ1) is 10.6. The van der Waals surface area contributed by atoms with Crippen molar-refractivity contribution in [3.05, 3.63) is 41.7 Å². The van der Waals surface area contributed by atoms with Crippen LogP contribution in [0.5, 0.6) is 0 Å². The van der Waals surface area contributed by atoms with E-state index in [-0.39, 0.29) is 6.10 Å². The second-order valence-electron chi connectivity index (χ2n) is 4.71. The van der Waals surface area contributed by atoms with Crippen LogP contribution < -0.4 is 0 Å².